The Hall–Kier alpha value is -1.59. The lowest BCUT2D eigenvalue weighted by Crippen LogP contribution is -2.46. The summed E-state index contributed by atoms with van der Waals surface area (Å²) in [6, 6.07) is 8.40. The molecule has 1 amide bonds. The molecule has 2 rings (SSSR count). The van der Waals surface area contributed by atoms with Crippen LogP contribution in [0.25, 0.3) is 0 Å². The number of carbonyl (C=O) groups excluding carboxylic acids is 1. The van der Waals surface area contributed by atoms with Crippen molar-refractivity contribution >= 4 is 11.6 Å². The highest BCUT2D eigenvalue weighted by atomic mass is 16.2. The van der Waals surface area contributed by atoms with E-state index in [9.17, 15) is 4.79 Å². The summed E-state index contributed by atoms with van der Waals surface area (Å²) in [6.07, 6.45) is 3.84. The third kappa shape index (κ3) is 6.67. The average molecular weight is 347 g/mol. The topological polar surface area (TPSA) is 61.6 Å². The maximum Gasteiger partial charge on any atom is 0.236 e. The minimum Gasteiger partial charge on any atom is -0.369 e. The monoisotopic (exact) mass is 346 g/mol. The van der Waals surface area contributed by atoms with Crippen molar-refractivity contribution in [1.82, 2.24) is 10.2 Å². The molecule has 5 nitrogen and oxygen atoms in total. The molecule has 1 heterocycles. The number of hydrogen-bond acceptors (Lipinski definition) is 4. The number of rotatable bonds is 9. The molecule has 1 aliphatic rings. The normalized spacial score (nSPS) is 16.7. The van der Waals surface area contributed by atoms with Gasteiger partial charge in [-0.05, 0) is 50.4 Å². The van der Waals surface area contributed by atoms with Gasteiger partial charge in [0, 0.05) is 38.4 Å². The SMILES string of the molecule is CCCC(N)C(=O)NCCCCN1CCN(c2cccc(C)c2)CC1. The van der Waals surface area contributed by atoms with Gasteiger partial charge >= 0.3 is 0 Å². The van der Waals surface area contributed by atoms with Crippen molar-refractivity contribution in [3.8, 4) is 0 Å². The molecular weight excluding hydrogens is 312 g/mol. The number of unbranched alkanes of at least 4 members (excludes halogenated alkanes) is 1. The first-order valence-electron chi connectivity index (χ1n) is 9.67. The van der Waals surface area contributed by atoms with E-state index in [1.54, 1.807) is 0 Å². The van der Waals surface area contributed by atoms with Crippen molar-refractivity contribution in [1.29, 1.82) is 0 Å². The molecule has 25 heavy (non-hydrogen) atoms. The molecule has 0 saturated carbocycles. The lowest BCUT2D eigenvalue weighted by molar-refractivity contribution is -0.122. The van der Waals surface area contributed by atoms with E-state index in [2.05, 4.69) is 46.3 Å². The summed E-state index contributed by atoms with van der Waals surface area (Å²) in [4.78, 5) is 16.7. The standard InChI is InChI=1S/C20H34N4O/c1-3-7-19(21)20(25)22-10-4-5-11-23-12-14-24(15-13-23)18-9-6-8-17(2)16-18/h6,8-9,16,19H,3-5,7,10-15,21H2,1-2H3,(H,22,25). The second-order valence-corrected chi connectivity index (χ2v) is 7.06. The van der Waals surface area contributed by atoms with Gasteiger partial charge in [0.2, 0.25) is 5.91 Å². The number of nitrogens with one attached hydrogen (secondary N) is 1. The van der Waals surface area contributed by atoms with Crippen LogP contribution in [0.3, 0.4) is 0 Å². The predicted molar refractivity (Wildman–Crippen MR) is 105 cm³/mol. The first-order chi connectivity index (χ1) is 12.1. The highest BCUT2D eigenvalue weighted by Crippen LogP contribution is 2.17. The average Bonchev–Trinajstić information content (AvgIpc) is 2.62. The smallest absolute Gasteiger partial charge is 0.236 e. The Morgan fingerprint density at radius 3 is 2.68 bits per heavy atom. The van der Waals surface area contributed by atoms with Gasteiger partial charge in [0.1, 0.15) is 0 Å². The van der Waals surface area contributed by atoms with E-state index in [4.69, 9.17) is 5.73 Å². The van der Waals surface area contributed by atoms with Crippen LogP contribution in [0.4, 0.5) is 5.69 Å². The molecule has 3 N–H and O–H groups in total. The fourth-order valence-electron chi connectivity index (χ4n) is 3.30. The van der Waals surface area contributed by atoms with Crippen LogP contribution < -0.4 is 16.0 Å². The number of hydrogen-bond donors (Lipinski definition) is 2. The number of anilines is 1. The highest BCUT2D eigenvalue weighted by Gasteiger charge is 2.17. The van der Waals surface area contributed by atoms with E-state index < -0.39 is 0 Å². The van der Waals surface area contributed by atoms with Gasteiger partial charge in [-0.25, -0.2) is 0 Å². The summed E-state index contributed by atoms with van der Waals surface area (Å²) in [5, 5.41) is 2.95. The van der Waals surface area contributed by atoms with E-state index in [1.165, 1.54) is 11.3 Å². The Labute approximate surface area is 152 Å². The Kier molecular flexibility index (Phi) is 8.22. The van der Waals surface area contributed by atoms with Gasteiger partial charge in [0.15, 0.2) is 0 Å². The number of piperazine rings is 1. The molecule has 0 aliphatic carbocycles. The third-order valence-electron chi connectivity index (χ3n) is 4.88. The summed E-state index contributed by atoms with van der Waals surface area (Å²) in [5.74, 6) is -0.00591. The minimum atomic E-state index is -0.347. The first kappa shape index (κ1) is 19.7. The lowest BCUT2D eigenvalue weighted by Gasteiger charge is -2.36. The largest absolute Gasteiger partial charge is 0.369 e. The van der Waals surface area contributed by atoms with Gasteiger partial charge in [-0.15, -0.1) is 0 Å². The van der Waals surface area contributed by atoms with Gasteiger partial charge in [-0.1, -0.05) is 25.5 Å². The van der Waals surface area contributed by atoms with Crippen molar-refractivity contribution < 1.29 is 4.79 Å². The zero-order chi connectivity index (χ0) is 18.1. The molecule has 0 aromatic heterocycles. The Morgan fingerprint density at radius 1 is 1.24 bits per heavy atom. The van der Waals surface area contributed by atoms with E-state index in [1.807, 2.05) is 6.92 Å². The molecule has 1 aromatic carbocycles. The summed E-state index contributed by atoms with van der Waals surface area (Å²) in [5.41, 5.74) is 8.46. The van der Waals surface area contributed by atoms with Crippen molar-refractivity contribution in [3.05, 3.63) is 29.8 Å². The Bertz CT molecular complexity index is 526. The van der Waals surface area contributed by atoms with E-state index in [0.717, 1.165) is 65.0 Å². The molecular formula is C20H34N4O. The molecule has 1 unspecified atom stereocenters. The fraction of sp³-hybridized carbons (Fsp3) is 0.650. The molecule has 5 heteroatoms. The second kappa shape index (κ2) is 10.4. The minimum absolute atomic E-state index is 0.00591. The molecule has 1 fully saturated rings. The van der Waals surface area contributed by atoms with Crippen molar-refractivity contribution in [2.24, 2.45) is 5.73 Å². The van der Waals surface area contributed by atoms with Gasteiger partial charge < -0.3 is 16.0 Å². The van der Waals surface area contributed by atoms with Crippen molar-refractivity contribution in [2.75, 3.05) is 44.2 Å². The summed E-state index contributed by atoms with van der Waals surface area (Å²) >= 11 is 0. The second-order valence-electron chi connectivity index (χ2n) is 7.06. The maximum absolute atomic E-state index is 11.7. The summed E-state index contributed by atoms with van der Waals surface area (Å²) in [7, 11) is 0. The molecule has 140 valence electrons. The van der Waals surface area contributed by atoms with Crippen LogP contribution in [-0.4, -0.2) is 56.1 Å². The zero-order valence-electron chi connectivity index (χ0n) is 15.8. The van der Waals surface area contributed by atoms with Gasteiger partial charge in [-0.2, -0.15) is 0 Å². The Morgan fingerprint density at radius 2 is 2.00 bits per heavy atom. The van der Waals surface area contributed by atoms with Crippen LogP contribution in [0.1, 0.15) is 38.2 Å². The molecule has 0 bridgehead atoms. The van der Waals surface area contributed by atoms with Crippen molar-refractivity contribution in [3.63, 3.8) is 0 Å². The van der Waals surface area contributed by atoms with E-state index >= 15 is 0 Å². The molecule has 0 radical (unpaired) electrons. The number of amides is 1. The van der Waals surface area contributed by atoms with E-state index in [0.29, 0.717) is 0 Å². The van der Waals surface area contributed by atoms with Crippen LogP contribution in [0, 0.1) is 6.92 Å². The molecule has 1 atom stereocenters. The number of carbonyl (C=O) groups is 1. The number of nitrogens with two attached hydrogens (primary N) is 1. The Balaban J connectivity index is 1.57. The predicted octanol–water partition coefficient (Wildman–Crippen LogP) is 2.14. The molecule has 1 aliphatic heterocycles. The number of nitrogens with zero attached hydrogens (tertiary/aromatic N) is 2. The van der Waals surface area contributed by atoms with E-state index in [-0.39, 0.29) is 11.9 Å². The van der Waals surface area contributed by atoms with Gasteiger partial charge in [-0.3, -0.25) is 9.69 Å². The summed E-state index contributed by atoms with van der Waals surface area (Å²) in [6.45, 7) is 10.4. The van der Waals surface area contributed by atoms with Crippen molar-refractivity contribution in [2.45, 2.75) is 45.6 Å². The molecule has 1 saturated heterocycles. The van der Waals surface area contributed by atoms with Gasteiger partial charge in [0.25, 0.3) is 0 Å². The molecule has 0 spiro atoms. The fourth-order valence-corrected chi connectivity index (χ4v) is 3.30. The van der Waals surface area contributed by atoms with Crippen LogP contribution in [0.15, 0.2) is 24.3 Å². The van der Waals surface area contributed by atoms with Crippen LogP contribution >= 0.6 is 0 Å². The van der Waals surface area contributed by atoms with Gasteiger partial charge in [0.05, 0.1) is 6.04 Å². The van der Waals surface area contributed by atoms with Crippen LogP contribution in [0.5, 0.6) is 0 Å². The van der Waals surface area contributed by atoms with Crippen LogP contribution in [-0.2, 0) is 4.79 Å². The number of aryl methyl sites for hydroxylation is 1. The van der Waals surface area contributed by atoms with Crippen LogP contribution in [0.2, 0.25) is 0 Å². The number of benzene rings is 1. The lowest BCUT2D eigenvalue weighted by atomic mass is 10.1. The zero-order valence-corrected chi connectivity index (χ0v) is 15.8. The summed E-state index contributed by atoms with van der Waals surface area (Å²) < 4.78 is 0. The first-order valence-corrected chi connectivity index (χ1v) is 9.67. The molecule has 1 aromatic rings. The third-order valence-corrected chi connectivity index (χ3v) is 4.88. The highest BCUT2D eigenvalue weighted by molar-refractivity contribution is 5.81. The quantitative estimate of drug-likeness (QED) is 0.673. The maximum atomic E-state index is 11.7.